The van der Waals surface area contributed by atoms with Gasteiger partial charge in [-0.1, -0.05) is 26.0 Å². The molecule has 1 aromatic carbocycles. The van der Waals surface area contributed by atoms with Crippen LogP contribution in [0.5, 0.6) is 5.75 Å². The minimum Gasteiger partial charge on any atom is -0.488 e. The molecule has 4 nitrogen and oxygen atoms in total. The van der Waals surface area contributed by atoms with Gasteiger partial charge in [-0.05, 0) is 38.0 Å². The molecule has 0 unspecified atom stereocenters. The van der Waals surface area contributed by atoms with Crippen molar-refractivity contribution in [2.24, 2.45) is 0 Å². The van der Waals surface area contributed by atoms with Crippen molar-refractivity contribution in [1.82, 2.24) is 0 Å². The molecule has 0 aliphatic carbocycles. The second-order valence-electron chi connectivity index (χ2n) is 4.90. The molecule has 0 aliphatic heterocycles. The molecule has 0 aliphatic rings. The Kier molecular flexibility index (Phi) is 5.04. The van der Waals surface area contributed by atoms with Crippen LogP contribution in [0.1, 0.15) is 42.8 Å². The van der Waals surface area contributed by atoms with Crippen LogP contribution in [-0.4, -0.2) is 12.0 Å². The number of furan rings is 1. The Morgan fingerprint density at radius 1 is 1.24 bits per heavy atom. The van der Waals surface area contributed by atoms with Gasteiger partial charge in [0.2, 0.25) is 0 Å². The maximum atomic E-state index is 12.2. The van der Waals surface area contributed by atoms with Crippen molar-refractivity contribution in [2.45, 2.75) is 39.7 Å². The first-order valence-corrected chi connectivity index (χ1v) is 7.26. The Labute approximate surface area is 125 Å². The Morgan fingerprint density at radius 3 is 2.57 bits per heavy atom. The molecule has 4 heteroatoms. The summed E-state index contributed by atoms with van der Waals surface area (Å²) in [6, 6.07) is 9.14. The number of ether oxygens (including phenoxy) is 1. The van der Waals surface area contributed by atoms with E-state index in [1.54, 1.807) is 13.0 Å². The number of hydrogen-bond acceptors (Lipinski definition) is 3. The van der Waals surface area contributed by atoms with Gasteiger partial charge in [0.15, 0.2) is 0 Å². The molecule has 2 aromatic rings. The molecule has 112 valence electrons. The topological polar surface area (TPSA) is 51.5 Å². The smallest absolute Gasteiger partial charge is 0.259 e. The van der Waals surface area contributed by atoms with Crippen LogP contribution < -0.4 is 10.1 Å². The summed E-state index contributed by atoms with van der Waals surface area (Å²) in [7, 11) is 0. The van der Waals surface area contributed by atoms with Gasteiger partial charge < -0.3 is 14.5 Å². The van der Waals surface area contributed by atoms with E-state index in [0.29, 0.717) is 22.8 Å². The molecule has 1 heterocycles. The van der Waals surface area contributed by atoms with Crippen molar-refractivity contribution >= 4 is 11.6 Å². The van der Waals surface area contributed by atoms with Crippen LogP contribution in [0.3, 0.4) is 0 Å². The first kappa shape index (κ1) is 15.2. The van der Waals surface area contributed by atoms with Crippen molar-refractivity contribution in [2.75, 3.05) is 5.32 Å². The fourth-order valence-electron chi connectivity index (χ4n) is 2.12. The number of carbonyl (C=O) groups is 1. The fourth-order valence-corrected chi connectivity index (χ4v) is 2.12. The Balaban J connectivity index is 2.17. The number of aryl methyl sites for hydroxylation is 1. The predicted octanol–water partition coefficient (Wildman–Crippen LogP) is 4.41. The molecule has 1 aromatic heterocycles. The number of benzene rings is 1. The lowest BCUT2D eigenvalue weighted by molar-refractivity contribution is 0.102. The Hall–Kier alpha value is -2.23. The summed E-state index contributed by atoms with van der Waals surface area (Å²) in [5, 5.41) is 2.88. The third-order valence-corrected chi connectivity index (χ3v) is 3.44. The second kappa shape index (κ2) is 6.97. The van der Waals surface area contributed by atoms with Crippen molar-refractivity contribution in [3.63, 3.8) is 0 Å². The van der Waals surface area contributed by atoms with E-state index in [0.717, 1.165) is 12.8 Å². The van der Waals surface area contributed by atoms with Gasteiger partial charge in [-0.2, -0.15) is 0 Å². The zero-order chi connectivity index (χ0) is 15.2. The highest BCUT2D eigenvalue weighted by atomic mass is 16.5. The standard InChI is InChI=1S/C17H21NO3/c1-4-13(5-2)21-16-9-7-6-8-15(16)18-17(19)14-10-11-20-12(14)3/h6-11,13H,4-5H2,1-3H3,(H,18,19). The van der Waals surface area contributed by atoms with Gasteiger partial charge in [0.25, 0.3) is 5.91 Å². The van der Waals surface area contributed by atoms with Gasteiger partial charge >= 0.3 is 0 Å². The van der Waals surface area contributed by atoms with E-state index in [1.165, 1.54) is 6.26 Å². The Morgan fingerprint density at radius 2 is 1.95 bits per heavy atom. The van der Waals surface area contributed by atoms with Gasteiger partial charge in [0.1, 0.15) is 11.5 Å². The van der Waals surface area contributed by atoms with E-state index in [1.807, 2.05) is 24.3 Å². The maximum absolute atomic E-state index is 12.2. The molecule has 2 rings (SSSR count). The molecule has 21 heavy (non-hydrogen) atoms. The normalized spacial score (nSPS) is 10.7. The highest BCUT2D eigenvalue weighted by Crippen LogP contribution is 2.27. The number of hydrogen-bond donors (Lipinski definition) is 1. The molecule has 0 bridgehead atoms. The van der Waals surface area contributed by atoms with Crippen molar-refractivity contribution in [3.8, 4) is 5.75 Å². The van der Waals surface area contributed by atoms with E-state index in [4.69, 9.17) is 9.15 Å². The molecule has 0 saturated heterocycles. The molecule has 0 atom stereocenters. The van der Waals surface area contributed by atoms with E-state index in [-0.39, 0.29) is 12.0 Å². The van der Waals surface area contributed by atoms with Gasteiger partial charge in [-0.3, -0.25) is 4.79 Å². The second-order valence-corrected chi connectivity index (χ2v) is 4.90. The summed E-state index contributed by atoms with van der Waals surface area (Å²) in [6.07, 6.45) is 3.52. The number of carbonyl (C=O) groups excluding carboxylic acids is 1. The van der Waals surface area contributed by atoms with Crippen LogP contribution in [0.2, 0.25) is 0 Å². The largest absolute Gasteiger partial charge is 0.488 e. The molecule has 1 amide bonds. The minimum atomic E-state index is -0.193. The average molecular weight is 287 g/mol. The minimum absolute atomic E-state index is 0.152. The van der Waals surface area contributed by atoms with Crippen molar-refractivity contribution < 1.29 is 13.9 Å². The SMILES string of the molecule is CCC(CC)Oc1ccccc1NC(=O)c1ccoc1C. The summed E-state index contributed by atoms with van der Waals surface area (Å²) in [5.41, 5.74) is 1.21. The van der Waals surface area contributed by atoms with Crippen LogP contribution in [0, 0.1) is 6.92 Å². The lowest BCUT2D eigenvalue weighted by atomic mass is 10.2. The summed E-state index contributed by atoms with van der Waals surface area (Å²) in [5.74, 6) is 1.11. The molecular formula is C17H21NO3. The van der Waals surface area contributed by atoms with Gasteiger partial charge in [-0.25, -0.2) is 0 Å². The summed E-state index contributed by atoms with van der Waals surface area (Å²) in [4.78, 5) is 12.2. The van der Waals surface area contributed by atoms with Gasteiger partial charge in [0.05, 0.1) is 23.6 Å². The van der Waals surface area contributed by atoms with E-state index in [9.17, 15) is 4.79 Å². The number of amides is 1. The van der Waals surface area contributed by atoms with Crippen LogP contribution in [0.25, 0.3) is 0 Å². The van der Waals surface area contributed by atoms with Crippen LogP contribution >= 0.6 is 0 Å². The van der Waals surface area contributed by atoms with Crippen LogP contribution in [-0.2, 0) is 0 Å². The summed E-state index contributed by atoms with van der Waals surface area (Å²) in [6.45, 7) is 5.94. The molecule has 1 N–H and O–H groups in total. The van der Waals surface area contributed by atoms with Crippen LogP contribution in [0.4, 0.5) is 5.69 Å². The molecule has 0 radical (unpaired) electrons. The van der Waals surface area contributed by atoms with Gasteiger partial charge in [-0.15, -0.1) is 0 Å². The highest BCUT2D eigenvalue weighted by molar-refractivity contribution is 6.05. The van der Waals surface area contributed by atoms with E-state index < -0.39 is 0 Å². The van der Waals surface area contributed by atoms with Crippen molar-refractivity contribution in [1.29, 1.82) is 0 Å². The number of para-hydroxylation sites is 2. The molecule has 0 fully saturated rings. The first-order chi connectivity index (χ1) is 10.2. The number of anilines is 1. The summed E-state index contributed by atoms with van der Waals surface area (Å²) < 4.78 is 11.1. The predicted molar refractivity (Wildman–Crippen MR) is 82.8 cm³/mol. The molecule has 0 saturated carbocycles. The monoisotopic (exact) mass is 287 g/mol. The quantitative estimate of drug-likeness (QED) is 0.856. The molecule has 0 spiro atoms. The fraction of sp³-hybridized carbons (Fsp3) is 0.353. The third kappa shape index (κ3) is 3.66. The lowest BCUT2D eigenvalue weighted by Crippen LogP contribution is -2.17. The highest BCUT2D eigenvalue weighted by Gasteiger charge is 2.15. The maximum Gasteiger partial charge on any atom is 0.259 e. The number of nitrogens with one attached hydrogen (secondary N) is 1. The zero-order valence-electron chi connectivity index (χ0n) is 12.7. The van der Waals surface area contributed by atoms with Gasteiger partial charge in [0, 0.05) is 0 Å². The summed E-state index contributed by atoms with van der Waals surface area (Å²) >= 11 is 0. The lowest BCUT2D eigenvalue weighted by Gasteiger charge is -2.18. The van der Waals surface area contributed by atoms with Crippen molar-refractivity contribution in [3.05, 3.63) is 47.9 Å². The third-order valence-electron chi connectivity index (χ3n) is 3.44. The zero-order valence-corrected chi connectivity index (χ0v) is 12.7. The first-order valence-electron chi connectivity index (χ1n) is 7.26. The van der Waals surface area contributed by atoms with E-state index >= 15 is 0 Å². The van der Waals surface area contributed by atoms with E-state index in [2.05, 4.69) is 19.2 Å². The Bertz CT molecular complexity index is 600. The average Bonchev–Trinajstić information content (AvgIpc) is 2.92. The number of rotatable bonds is 6. The van der Waals surface area contributed by atoms with Crippen LogP contribution in [0.15, 0.2) is 41.0 Å². The molecular weight excluding hydrogens is 266 g/mol.